The minimum atomic E-state index is 0.0693. The highest BCUT2D eigenvalue weighted by Crippen LogP contribution is 2.29. The van der Waals surface area contributed by atoms with Gasteiger partial charge in [-0.2, -0.15) is 0 Å². The highest BCUT2D eigenvalue weighted by Gasteiger charge is 2.28. The molecule has 25 heavy (non-hydrogen) atoms. The zero-order chi connectivity index (χ0) is 17.4. The first-order valence-electron chi connectivity index (χ1n) is 8.78. The summed E-state index contributed by atoms with van der Waals surface area (Å²) >= 11 is 3.45. The molecular formula is C19H21BrN4O. The van der Waals surface area contributed by atoms with Crippen molar-refractivity contribution < 1.29 is 4.79 Å². The number of carbonyl (C=O) groups excluding carboxylic acids is 1. The van der Waals surface area contributed by atoms with Gasteiger partial charge in [0.1, 0.15) is 11.6 Å². The maximum absolute atomic E-state index is 12.9. The Hall–Kier alpha value is -1.95. The second-order valence-electron chi connectivity index (χ2n) is 6.70. The van der Waals surface area contributed by atoms with E-state index in [1.165, 1.54) is 12.8 Å². The van der Waals surface area contributed by atoms with Crippen LogP contribution < -0.4 is 4.90 Å². The van der Waals surface area contributed by atoms with Gasteiger partial charge in [-0.15, -0.1) is 0 Å². The molecule has 0 radical (unpaired) electrons. The van der Waals surface area contributed by atoms with Crippen molar-refractivity contribution in [3.8, 4) is 0 Å². The summed E-state index contributed by atoms with van der Waals surface area (Å²) in [5.74, 6) is 1.93. The maximum Gasteiger partial charge on any atom is 0.254 e. The van der Waals surface area contributed by atoms with Gasteiger partial charge in [-0.05, 0) is 38.0 Å². The van der Waals surface area contributed by atoms with Gasteiger partial charge in [-0.1, -0.05) is 22.0 Å². The van der Waals surface area contributed by atoms with E-state index in [-0.39, 0.29) is 5.91 Å². The monoisotopic (exact) mass is 400 g/mol. The van der Waals surface area contributed by atoms with Gasteiger partial charge in [-0.25, -0.2) is 9.97 Å². The molecule has 0 atom stereocenters. The smallest absolute Gasteiger partial charge is 0.254 e. The summed E-state index contributed by atoms with van der Waals surface area (Å²) in [5.41, 5.74) is 2.95. The van der Waals surface area contributed by atoms with E-state index in [0.29, 0.717) is 18.7 Å². The number of anilines is 1. The lowest BCUT2D eigenvalue weighted by atomic mass is 10.0. The predicted octanol–water partition coefficient (Wildman–Crippen LogP) is 3.35. The number of hydrogen-bond acceptors (Lipinski definition) is 4. The number of rotatable bonds is 2. The third-order valence-corrected chi connectivity index (χ3v) is 5.41. The minimum absolute atomic E-state index is 0.0693. The van der Waals surface area contributed by atoms with Crippen molar-refractivity contribution in [3.05, 3.63) is 51.4 Å². The second kappa shape index (κ2) is 6.75. The summed E-state index contributed by atoms with van der Waals surface area (Å²) in [4.78, 5) is 26.5. The van der Waals surface area contributed by atoms with E-state index < -0.39 is 0 Å². The first-order valence-corrected chi connectivity index (χ1v) is 9.57. The first kappa shape index (κ1) is 16.5. The topological polar surface area (TPSA) is 49.3 Å². The minimum Gasteiger partial charge on any atom is -0.356 e. The highest BCUT2D eigenvalue weighted by molar-refractivity contribution is 9.10. The van der Waals surface area contributed by atoms with Crippen molar-refractivity contribution >= 4 is 27.7 Å². The van der Waals surface area contributed by atoms with Crippen LogP contribution in [-0.4, -0.2) is 40.4 Å². The Morgan fingerprint density at radius 2 is 1.96 bits per heavy atom. The van der Waals surface area contributed by atoms with Crippen LogP contribution in [0.25, 0.3) is 0 Å². The second-order valence-corrected chi connectivity index (χ2v) is 7.62. The number of nitrogens with zero attached hydrogens (tertiary/aromatic N) is 4. The van der Waals surface area contributed by atoms with Crippen LogP contribution in [0.4, 0.5) is 5.82 Å². The molecule has 0 spiro atoms. The Balaban J connectivity index is 1.65. The summed E-state index contributed by atoms with van der Waals surface area (Å²) in [6.45, 7) is 5.34. The predicted molar refractivity (Wildman–Crippen MR) is 101 cm³/mol. The molecular weight excluding hydrogens is 380 g/mol. The Labute approximate surface area is 156 Å². The summed E-state index contributed by atoms with van der Waals surface area (Å²) in [7, 11) is 0. The number of fused-ring (bicyclic) bond motifs is 1. The average molecular weight is 401 g/mol. The van der Waals surface area contributed by atoms with Gasteiger partial charge in [0.2, 0.25) is 0 Å². The molecule has 0 aliphatic carbocycles. The molecule has 5 nitrogen and oxygen atoms in total. The van der Waals surface area contributed by atoms with Crippen LogP contribution in [0.2, 0.25) is 0 Å². The quantitative estimate of drug-likeness (QED) is 0.775. The van der Waals surface area contributed by atoms with E-state index in [9.17, 15) is 4.79 Å². The fraction of sp³-hybridized carbons (Fsp3) is 0.421. The molecule has 1 amide bonds. The molecule has 1 aromatic heterocycles. The summed E-state index contributed by atoms with van der Waals surface area (Å²) < 4.78 is 0.924. The molecule has 2 aliphatic rings. The molecule has 0 N–H and O–H groups in total. The number of halogens is 1. The molecule has 0 saturated carbocycles. The molecule has 6 heteroatoms. The van der Waals surface area contributed by atoms with E-state index in [1.54, 1.807) is 0 Å². The molecule has 4 rings (SSSR count). The molecule has 1 aromatic carbocycles. The normalized spacial score (nSPS) is 16.9. The fourth-order valence-corrected chi connectivity index (χ4v) is 4.08. The SMILES string of the molecule is Cc1nc2c(c(N3CCCC3)n1)CN(C(=O)c1cccc(Br)c1)CC2. The Bertz CT molecular complexity index is 817. The lowest BCUT2D eigenvalue weighted by Crippen LogP contribution is -2.38. The first-order chi connectivity index (χ1) is 12.1. The van der Waals surface area contributed by atoms with Crippen LogP contribution in [-0.2, 0) is 13.0 Å². The molecule has 2 aliphatic heterocycles. The van der Waals surface area contributed by atoms with Gasteiger partial charge >= 0.3 is 0 Å². The highest BCUT2D eigenvalue weighted by atomic mass is 79.9. The molecule has 1 saturated heterocycles. The van der Waals surface area contributed by atoms with Crippen LogP contribution in [0.1, 0.15) is 40.3 Å². The van der Waals surface area contributed by atoms with Gasteiger partial charge < -0.3 is 9.80 Å². The van der Waals surface area contributed by atoms with Gasteiger partial charge in [0.05, 0.1) is 12.2 Å². The molecule has 3 heterocycles. The van der Waals surface area contributed by atoms with Gasteiger partial charge in [0.25, 0.3) is 5.91 Å². The average Bonchev–Trinajstić information content (AvgIpc) is 3.14. The molecule has 2 aromatic rings. The molecule has 0 bridgehead atoms. The zero-order valence-electron chi connectivity index (χ0n) is 14.3. The number of carbonyl (C=O) groups is 1. The van der Waals surface area contributed by atoms with Gasteiger partial charge in [-0.3, -0.25) is 4.79 Å². The van der Waals surface area contributed by atoms with Crippen molar-refractivity contribution in [1.82, 2.24) is 14.9 Å². The number of amides is 1. The summed E-state index contributed by atoms with van der Waals surface area (Å²) in [6, 6.07) is 7.59. The van der Waals surface area contributed by atoms with Crippen LogP contribution in [0.3, 0.4) is 0 Å². The van der Waals surface area contributed by atoms with Gasteiger partial charge in [0.15, 0.2) is 0 Å². The molecule has 1 fully saturated rings. The Kier molecular flexibility index (Phi) is 4.46. The molecule has 130 valence electrons. The summed E-state index contributed by atoms with van der Waals surface area (Å²) in [5, 5.41) is 0. The number of benzene rings is 1. The Morgan fingerprint density at radius 3 is 2.72 bits per heavy atom. The van der Waals surface area contributed by atoms with Crippen LogP contribution in [0, 0.1) is 6.92 Å². The van der Waals surface area contributed by atoms with Crippen LogP contribution >= 0.6 is 15.9 Å². The number of aromatic nitrogens is 2. The number of aryl methyl sites for hydroxylation is 1. The van der Waals surface area contributed by atoms with Crippen molar-refractivity contribution in [2.24, 2.45) is 0 Å². The number of hydrogen-bond donors (Lipinski definition) is 0. The Morgan fingerprint density at radius 1 is 1.16 bits per heavy atom. The lowest BCUT2D eigenvalue weighted by Gasteiger charge is -2.31. The van der Waals surface area contributed by atoms with E-state index >= 15 is 0 Å². The van der Waals surface area contributed by atoms with E-state index in [1.807, 2.05) is 36.1 Å². The van der Waals surface area contributed by atoms with Crippen LogP contribution in [0.5, 0.6) is 0 Å². The van der Waals surface area contributed by atoms with Crippen molar-refractivity contribution in [3.63, 3.8) is 0 Å². The van der Waals surface area contributed by atoms with Crippen LogP contribution in [0.15, 0.2) is 28.7 Å². The lowest BCUT2D eigenvalue weighted by molar-refractivity contribution is 0.0733. The fourth-order valence-electron chi connectivity index (χ4n) is 3.69. The van der Waals surface area contributed by atoms with E-state index in [4.69, 9.17) is 4.98 Å². The van der Waals surface area contributed by atoms with Gasteiger partial charge in [0, 0.05) is 41.7 Å². The third kappa shape index (κ3) is 3.27. The van der Waals surface area contributed by atoms with E-state index in [0.717, 1.165) is 46.9 Å². The van der Waals surface area contributed by atoms with Crippen molar-refractivity contribution in [2.75, 3.05) is 24.5 Å². The van der Waals surface area contributed by atoms with Crippen molar-refractivity contribution in [1.29, 1.82) is 0 Å². The standard InChI is InChI=1S/C19H21BrN4O/c1-13-21-17-7-10-24(19(25)14-5-4-6-15(20)11-14)12-16(17)18(22-13)23-8-2-3-9-23/h4-6,11H,2-3,7-10,12H2,1H3. The van der Waals surface area contributed by atoms with E-state index in [2.05, 4.69) is 25.8 Å². The maximum atomic E-state index is 12.9. The molecule has 0 unspecified atom stereocenters. The van der Waals surface area contributed by atoms with Crippen molar-refractivity contribution in [2.45, 2.75) is 32.7 Å². The third-order valence-electron chi connectivity index (χ3n) is 4.91. The largest absolute Gasteiger partial charge is 0.356 e. The summed E-state index contributed by atoms with van der Waals surface area (Å²) in [6.07, 6.45) is 3.20. The zero-order valence-corrected chi connectivity index (χ0v) is 15.9.